The summed E-state index contributed by atoms with van der Waals surface area (Å²) in [6.45, 7) is 0. The van der Waals surface area contributed by atoms with Crippen LogP contribution in [-0.2, 0) is 0 Å². The molecule has 2 N–H and O–H groups in total. The van der Waals surface area contributed by atoms with Crippen molar-refractivity contribution < 1.29 is 4.74 Å². The first-order valence-corrected chi connectivity index (χ1v) is 5.83. The second-order valence-corrected chi connectivity index (χ2v) is 4.81. The molecule has 2 nitrogen and oxygen atoms in total. The molecule has 2 aliphatic rings. The third-order valence-corrected chi connectivity index (χ3v) is 3.36. The van der Waals surface area contributed by atoms with Gasteiger partial charge in [-0.15, -0.1) is 0 Å². The largest absolute Gasteiger partial charge is 0.490 e. The molecular formula is C13H17NO. The van der Waals surface area contributed by atoms with Crippen LogP contribution in [0.2, 0.25) is 0 Å². The molecule has 0 atom stereocenters. The van der Waals surface area contributed by atoms with Crippen molar-refractivity contribution in [2.45, 2.75) is 43.7 Å². The van der Waals surface area contributed by atoms with E-state index in [9.17, 15) is 0 Å². The minimum atomic E-state index is 0.353. The molecule has 15 heavy (non-hydrogen) atoms. The van der Waals surface area contributed by atoms with Crippen molar-refractivity contribution in [2.75, 3.05) is 0 Å². The fourth-order valence-corrected chi connectivity index (χ4v) is 2.13. The van der Waals surface area contributed by atoms with E-state index < -0.39 is 0 Å². The first-order valence-electron chi connectivity index (χ1n) is 5.83. The topological polar surface area (TPSA) is 35.2 Å². The Kier molecular flexibility index (Phi) is 2.17. The van der Waals surface area contributed by atoms with E-state index in [0.717, 1.165) is 24.5 Å². The fraction of sp³-hybridized carbons (Fsp3) is 0.538. The number of hydrogen-bond acceptors (Lipinski definition) is 2. The highest BCUT2D eigenvalue weighted by molar-refractivity contribution is 5.31. The van der Waals surface area contributed by atoms with E-state index in [1.54, 1.807) is 0 Å². The molecule has 0 aromatic heterocycles. The van der Waals surface area contributed by atoms with Crippen LogP contribution in [0.4, 0.5) is 0 Å². The first kappa shape index (κ1) is 9.22. The third-order valence-electron chi connectivity index (χ3n) is 3.36. The van der Waals surface area contributed by atoms with E-state index in [0.29, 0.717) is 12.1 Å². The maximum atomic E-state index is 5.80. The lowest BCUT2D eigenvalue weighted by Crippen LogP contribution is -2.43. The van der Waals surface area contributed by atoms with Crippen molar-refractivity contribution in [3.05, 3.63) is 29.8 Å². The number of benzene rings is 1. The van der Waals surface area contributed by atoms with Crippen molar-refractivity contribution in [2.24, 2.45) is 5.73 Å². The highest BCUT2D eigenvalue weighted by Crippen LogP contribution is 2.40. The normalized spacial score (nSPS) is 29.7. The van der Waals surface area contributed by atoms with E-state index in [2.05, 4.69) is 24.3 Å². The van der Waals surface area contributed by atoms with Gasteiger partial charge in [0.25, 0.3) is 0 Å². The minimum Gasteiger partial charge on any atom is -0.490 e. The molecule has 0 spiro atoms. The Hall–Kier alpha value is -1.02. The summed E-state index contributed by atoms with van der Waals surface area (Å²) < 4.78 is 5.80. The Bertz CT molecular complexity index is 336. The van der Waals surface area contributed by atoms with E-state index in [1.807, 2.05) is 0 Å². The Labute approximate surface area is 90.4 Å². The van der Waals surface area contributed by atoms with Gasteiger partial charge in [-0.3, -0.25) is 0 Å². The summed E-state index contributed by atoms with van der Waals surface area (Å²) in [5.41, 5.74) is 7.18. The van der Waals surface area contributed by atoms with Crippen LogP contribution in [0.5, 0.6) is 5.75 Å². The summed E-state index contributed by atoms with van der Waals surface area (Å²) in [6, 6.07) is 8.95. The zero-order valence-electron chi connectivity index (χ0n) is 8.86. The summed E-state index contributed by atoms with van der Waals surface area (Å²) in [4.78, 5) is 0. The fourth-order valence-electron chi connectivity index (χ4n) is 2.13. The van der Waals surface area contributed by atoms with Crippen LogP contribution in [0.1, 0.15) is 37.2 Å². The summed E-state index contributed by atoms with van der Waals surface area (Å²) >= 11 is 0. The lowest BCUT2D eigenvalue weighted by molar-refractivity contribution is 0.101. The maximum absolute atomic E-state index is 5.80. The molecule has 2 fully saturated rings. The van der Waals surface area contributed by atoms with Crippen LogP contribution in [0.25, 0.3) is 0 Å². The molecule has 2 aliphatic carbocycles. The molecule has 3 rings (SSSR count). The van der Waals surface area contributed by atoms with Gasteiger partial charge >= 0.3 is 0 Å². The standard InChI is InChI=1S/C13H17NO/c14-11-7-13(8-11)15-12-5-3-10(4-6-12)9-1-2-9/h3-6,9,11,13H,1-2,7-8,14H2. The van der Waals surface area contributed by atoms with Gasteiger partial charge < -0.3 is 10.5 Å². The van der Waals surface area contributed by atoms with Crippen molar-refractivity contribution in [3.63, 3.8) is 0 Å². The van der Waals surface area contributed by atoms with Crippen LogP contribution < -0.4 is 10.5 Å². The molecule has 0 radical (unpaired) electrons. The zero-order valence-corrected chi connectivity index (χ0v) is 8.86. The van der Waals surface area contributed by atoms with Gasteiger partial charge in [0.1, 0.15) is 11.9 Å². The van der Waals surface area contributed by atoms with Gasteiger partial charge in [0.2, 0.25) is 0 Å². The Morgan fingerprint density at radius 2 is 1.73 bits per heavy atom. The molecule has 1 aromatic carbocycles. The number of rotatable bonds is 3. The Morgan fingerprint density at radius 3 is 2.27 bits per heavy atom. The zero-order chi connectivity index (χ0) is 10.3. The summed E-state index contributed by atoms with van der Waals surface area (Å²) in [5.74, 6) is 1.83. The highest BCUT2D eigenvalue weighted by atomic mass is 16.5. The van der Waals surface area contributed by atoms with Crippen molar-refractivity contribution in [3.8, 4) is 5.75 Å². The predicted octanol–water partition coefficient (Wildman–Crippen LogP) is 2.43. The summed E-state index contributed by atoms with van der Waals surface area (Å²) in [7, 11) is 0. The number of hydrogen-bond donors (Lipinski definition) is 1. The molecule has 80 valence electrons. The van der Waals surface area contributed by atoms with Gasteiger partial charge in [0.05, 0.1) is 0 Å². The van der Waals surface area contributed by atoms with Crippen LogP contribution in [0, 0.1) is 0 Å². The average Bonchev–Trinajstić information content (AvgIpc) is 3.00. The molecule has 0 aliphatic heterocycles. The molecule has 0 amide bonds. The van der Waals surface area contributed by atoms with Gasteiger partial charge in [-0.05, 0) is 49.3 Å². The highest BCUT2D eigenvalue weighted by Gasteiger charge is 2.28. The van der Waals surface area contributed by atoms with Gasteiger partial charge in [-0.2, -0.15) is 0 Å². The van der Waals surface area contributed by atoms with Crippen molar-refractivity contribution in [1.82, 2.24) is 0 Å². The molecule has 1 aromatic rings. The molecule has 0 unspecified atom stereocenters. The van der Waals surface area contributed by atoms with E-state index in [1.165, 1.54) is 18.4 Å². The smallest absolute Gasteiger partial charge is 0.119 e. The van der Waals surface area contributed by atoms with Gasteiger partial charge in [-0.1, -0.05) is 12.1 Å². The minimum absolute atomic E-state index is 0.353. The molecule has 2 heteroatoms. The quantitative estimate of drug-likeness (QED) is 0.819. The second kappa shape index (κ2) is 3.53. The summed E-state index contributed by atoms with van der Waals surface area (Å²) in [5, 5.41) is 0. The monoisotopic (exact) mass is 203 g/mol. The first-order chi connectivity index (χ1) is 7.31. The molecular weight excluding hydrogens is 186 g/mol. The Balaban J connectivity index is 1.60. The van der Waals surface area contributed by atoms with E-state index in [4.69, 9.17) is 10.5 Å². The van der Waals surface area contributed by atoms with E-state index >= 15 is 0 Å². The number of nitrogens with two attached hydrogens (primary N) is 1. The SMILES string of the molecule is NC1CC(Oc2ccc(C3CC3)cc2)C1. The average molecular weight is 203 g/mol. The van der Waals surface area contributed by atoms with Crippen molar-refractivity contribution in [1.29, 1.82) is 0 Å². The second-order valence-electron chi connectivity index (χ2n) is 4.81. The van der Waals surface area contributed by atoms with Gasteiger partial charge in [0, 0.05) is 6.04 Å². The molecule has 2 saturated carbocycles. The Morgan fingerprint density at radius 1 is 1.07 bits per heavy atom. The van der Waals surface area contributed by atoms with E-state index in [-0.39, 0.29) is 0 Å². The molecule has 0 bridgehead atoms. The molecule has 0 saturated heterocycles. The van der Waals surface area contributed by atoms with Crippen molar-refractivity contribution >= 4 is 0 Å². The predicted molar refractivity (Wildman–Crippen MR) is 60.0 cm³/mol. The van der Waals surface area contributed by atoms with Crippen LogP contribution in [0.15, 0.2) is 24.3 Å². The number of ether oxygens (including phenoxy) is 1. The van der Waals surface area contributed by atoms with Gasteiger partial charge in [-0.25, -0.2) is 0 Å². The molecule has 0 heterocycles. The third kappa shape index (κ3) is 2.00. The van der Waals surface area contributed by atoms with Crippen LogP contribution in [0.3, 0.4) is 0 Å². The lowest BCUT2D eigenvalue weighted by Gasteiger charge is -2.32. The maximum Gasteiger partial charge on any atom is 0.119 e. The van der Waals surface area contributed by atoms with Crippen LogP contribution in [-0.4, -0.2) is 12.1 Å². The van der Waals surface area contributed by atoms with Crippen LogP contribution >= 0.6 is 0 Å². The lowest BCUT2D eigenvalue weighted by atomic mass is 9.90. The van der Waals surface area contributed by atoms with Gasteiger partial charge in [0.15, 0.2) is 0 Å². The summed E-state index contributed by atoms with van der Waals surface area (Å²) in [6.07, 6.45) is 5.08.